The van der Waals surface area contributed by atoms with Gasteiger partial charge in [0.05, 0.1) is 5.56 Å². The first-order valence-electron chi connectivity index (χ1n) is 5.71. The lowest BCUT2D eigenvalue weighted by Gasteiger charge is -2.14. The molecule has 1 aromatic heterocycles. The van der Waals surface area contributed by atoms with Gasteiger partial charge in [0.25, 0.3) is 0 Å². The molecule has 0 bridgehead atoms. The highest BCUT2D eigenvalue weighted by atomic mass is 19.4. The van der Waals surface area contributed by atoms with Gasteiger partial charge in [0.2, 0.25) is 0 Å². The Hall–Kier alpha value is -2.05. The molecule has 0 amide bonds. The molecule has 1 heterocycles. The molecule has 0 aliphatic carbocycles. The molecule has 0 saturated carbocycles. The number of anilines is 1. The van der Waals surface area contributed by atoms with E-state index in [0.717, 1.165) is 11.9 Å². The van der Waals surface area contributed by atoms with E-state index in [2.05, 4.69) is 15.5 Å². The highest BCUT2D eigenvalue weighted by Gasteiger charge is 2.32. The standard InChI is InChI=1S/C12H13F3N4/c1-19-8-17-18-11(19)6-7-16-10-5-3-2-4-9(10)12(13,14)15/h2-5,8,16H,6-7H2,1H3. The van der Waals surface area contributed by atoms with Crippen molar-refractivity contribution in [2.45, 2.75) is 12.6 Å². The fraction of sp³-hybridized carbons (Fsp3) is 0.333. The molecule has 7 heteroatoms. The average molecular weight is 270 g/mol. The quantitative estimate of drug-likeness (QED) is 0.928. The van der Waals surface area contributed by atoms with E-state index in [-0.39, 0.29) is 5.69 Å². The molecule has 0 spiro atoms. The Morgan fingerprint density at radius 2 is 2.00 bits per heavy atom. The van der Waals surface area contributed by atoms with Crippen molar-refractivity contribution in [3.05, 3.63) is 42.0 Å². The maximum Gasteiger partial charge on any atom is 0.418 e. The molecule has 1 N–H and O–H groups in total. The Bertz CT molecular complexity index is 548. The molecular weight excluding hydrogens is 257 g/mol. The van der Waals surface area contributed by atoms with Crippen LogP contribution in [0.3, 0.4) is 0 Å². The van der Waals surface area contributed by atoms with E-state index < -0.39 is 11.7 Å². The molecule has 1 aromatic carbocycles. The van der Waals surface area contributed by atoms with Crippen LogP contribution in [0.2, 0.25) is 0 Å². The lowest BCUT2D eigenvalue weighted by molar-refractivity contribution is -0.136. The number of hydrogen-bond acceptors (Lipinski definition) is 3. The fourth-order valence-electron chi connectivity index (χ4n) is 1.73. The number of benzene rings is 1. The van der Waals surface area contributed by atoms with Gasteiger partial charge in [0.1, 0.15) is 12.2 Å². The van der Waals surface area contributed by atoms with Gasteiger partial charge in [-0.05, 0) is 12.1 Å². The van der Waals surface area contributed by atoms with Crippen LogP contribution in [0.1, 0.15) is 11.4 Å². The molecule has 2 rings (SSSR count). The van der Waals surface area contributed by atoms with E-state index in [9.17, 15) is 13.2 Å². The SMILES string of the molecule is Cn1cnnc1CCNc1ccccc1C(F)(F)F. The first kappa shape index (κ1) is 13.4. The third kappa shape index (κ3) is 3.24. The molecule has 0 atom stereocenters. The van der Waals surface area contributed by atoms with Gasteiger partial charge in [-0.2, -0.15) is 13.2 Å². The Labute approximate surface area is 108 Å². The van der Waals surface area contributed by atoms with Crippen LogP contribution >= 0.6 is 0 Å². The summed E-state index contributed by atoms with van der Waals surface area (Å²) in [5, 5.41) is 10.4. The molecule has 4 nitrogen and oxygen atoms in total. The smallest absolute Gasteiger partial charge is 0.384 e. The van der Waals surface area contributed by atoms with Crippen LogP contribution < -0.4 is 5.32 Å². The van der Waals surface area contributed by atoms with E-state index in [1.54, 1.807) is 24.0 Å². The van der Waals surface area contributed by atoms with Crippen molar-refractivity contribution in [3.8, 4) is 0 Å². The largest absolute Gasteiger partial charge is 0.418 e. The number of para-hydroxylation sites is 1. The van der Waals surface area contributed by atoms with E-state index in [1.807, 2.05) is 0 Å². The highest BCUT2D eigenvalue weighted by molar-refractivity contribution is 5.52. The van der Waals surface area contributed by atoms with E-state index in [1.165, 1.54) is 12.1 Å². The van der Waals surface area contributed by atoms with Gasteiger partial charge in [-0.15, -0.1) is 10.2 Å². The van der Waals surface area contributed by atoms with Gasteiger partial charge < -0.3 is 9.88 Å². The van der Waals surface area contributed by atoms with Gasteiger partial charge >= 0.3 is 6.18 Å². The van der Waals surface area contributed by atoms with Crippen LogP contribution in [0.25, 0.3) is 0 Å². The maximum atomic E-state index is 12.7. The molecule has 0 unspecified atom stereocenters. The summed E-state index contributed by atoms with van der Waals surface area (Å²) in [5.41, 5.74) is -0.579. The monoisotopic (exact) mass is 270 g/mol. The number of hydrogen-bond donors (Lipinski definition) is 1. The summed E-state index contributed by atoms with van der Waals surface area (Å²) >= 11 is 0. The number of aromatic nitrogens is 3. The molecule has 102 valence electrons. The predicted octanol–water partition coefficient (Wildman–Crippen LogP) is 2.49. The molecular formula is C12H13F3N4. The van der Waals surface area contributed by atoms with E-state index in [0.29, 0.717) is 13.0 Å². The fourth-order valence-corrected chi connectivity index (χ4v) is 1.73. The second-order valence-electron chi connectivity index (χ2n) is 4.08. The zero-order chi connectivity index (χ0) is 13.9. The predicted molar refractivity (Wildman–Crippen MR) is 64.6 cm³/mol. The Kier molecular flexibility index (Phi) is 3.73. The van der Waals surface area contributed by atoms with E-state index >= 15 is 0 Å². The maximum absolute atomic E-state index is 12.7. The van der Waals surface area contributed by atoms with Crippen molar-refractivity contribution in [1.82, 2.24) is 14.8 Å². The van der Waals surface area contributed by atoms with Crippen LogP contribution in [0.5, 0.6) is 0 Å². The van der Waals surface area contributed by atoms with Crippen LogP contribution in [-0.4, -0.2) is 21.3 Å². The summed E-state index contributed by atoms with van der Waals surface area (Å²) in [6.45, 7) is 0.361. The third-order valence-corrected chi connectivity index (χ3v) is 2.70. The second kappa shape index (κ2) is 5.29. The van der Waals surface area contributed by atoms with Crippen LogP contribution in [-0.2, 0) is 19.6 Å². The van der Waals surface area contributed by atoms with Crippen LogP contribution in [0.4, 0.5) is 18.9 Å². The van der Waals surface area contributed by atoms with Crippen molar-refractivity contribution in [3.63, 3.8) is 0 Å². The minimum absolute atomic E-state index is 0.0807. The zero-order valence-electron chi connectivity index (χ0n) is 10.3. The molecule has 0 fully saturated rings. The van der Waals surface area contributed by atoms with Gasteiger partial charge in [0, 0.05) is 25.7 Å². The van der Waals surface area contributed by atoms with Crippen LogP contribution in [0, 0.1) is 0 Å². The summed E-state index contributed by atoms with van der Waals surface area (Å²) in [6.07, 6.45) is -2.30. The number of halogens is 3. The molecule has 0 radical (unpaired) electrons. The topological polar surface area (TPSA) is 42.7 Å². The lowest BCUT2D eigenvalue weighted by atomic mass is 10.1. The Morgan fingerprint density at radius 3 is 2.63 bits per heavy atom. The Balaban J connectivity index is 2.02. The third-order valence-electron chi connectivity index (χ3n) is 2.70. The number of nitrogens with one attached hydrogen (secondary N) is 1. The van der Waals surface area contributed by atoms with Crippen molar-refractivity contribution < 1.29 is 13.2 Å². The Morgan fingerprint density at radius 1 is 1.26 bits per heavy atom. The highest BCUT2D eigenvalue weighted by Crippen LogP contribution is 2.34. The summed E-state index contributed by atoms with van der Waals surface area (Å²) < 4.78 is 40.0. The molecule has 2 aromatic rings. The summed E-state index contributed by atoms with van der Waals surface area (Å²) in [6, 6.07) is 5.42. The van der Waals surface area contributed by atoms with Crippen molar-refractivity contribution in [2.24, 2.45) is 7.05 Å². The zero-order valence-corrected chi connectivity index (χ0v) is 10.3. The van der Waals surface area contributed by atoms with Crippen LogP contribution in [0.15, 0.2) is 30.6 Å². The summed E-state index contributed by atoms with van der Waals surface area (Å²) in [5.74, 6) is 0.719. The summed E-state index contributed by atoms with van der Waals surface area (Å²) in [7, 11) is 1.79. The van der Waals surface area contributed by atoms with Crippen molar-refractivity contribution >= 4 is 5.69 Å². The first-order valence-corrected chi connectivity index (χ1v) is 5.71. The van der Waals surface area contributed by atoms with Crippen molar-refractivity contribution in [2.75, 3.05) is 11.9 Å². The minimum Gasteiger partial charge on any atom is -0.384 e. The van der Waals surface area contributed by atoms with Gasteiger partial charge in [-0.25, -0.2) is 0 Å². The van der Waals surface area contributed by atoms with E-state index in [4.69, 9.17) is 0 Å². The molecule has 0 saturated heterocycles. The minimum atomic E-state index is -4.35. The summed E-state index contributed by atoms with van der Waals surface area (Å²) in [4.78, 5) is 0. The molecule has 0 aliphatic heterocycles. The molecule has 0 aliphatic rings. The van der Waals surface area contributed by atoms with Crippen molar-refractivity contribution in [1.29, 1.82) is 0 Å². The van der Waals surface area contributed by atoms with Gasteiger partial charge in [-0.1, -0.05) is 12.1 Å². The second-order valence-corrected chi connectivity index (χ2v) is 4.08. The molecule has 19 heavy (non-hydrogen) atoms. The number of rotatable bonds is 4. The normalized spacial score (nSPS) is 11.6. The average Bonchev–Trinajstić information content (AvgIpc) is 2.75. The van der Waals surface area contributed by atoms with Gasteiger partial charge in [-0.3, -0.25) is 0 Å². The first-order chi connectivity index (χ1) is 8.98. The number of alkyl halides is 3. The lowest BCUT2D eigenvalue weighted by Crippen LogP contribution is -2.13. The van der Waals surface area contributed by atoms with Gasteiger partial charge in [0.15, 0.2) is 0 Å². The number of nitrogens with zero attached hydrogens (tertiary/aromatic N) is 3. The number of aryl methyl sites for hydroxylation is 1.